The summed E-state index contributed by atoms with van der Waals surface area (Å²) in [6, 6.07) is 0. The summed E-state index contributed by atoms with van der Waals surface area (Å²) in [6.45, 7) is 2.20. The van der Waals surface area contributed by atoms with Crippen LogP contribution in [0.3, 0.4) is 0 Å². The van der Waals surface area contributed by atoms with E-state index in [1.165, 1.54) is 45.3 Å². The zero-order valence-electron chi connectivity index (χ0n) is 18.3. The van der Waals surface area contributed by atoms with Gasteiger partial charge in [-0.2, -0.15) is 0 Å². The summed E-state index contributed by atoms with van der Waals surface area (Å²) in [5, 5.41) is 20.9. The normalized spacial score (nSPS) is 15.3. The van der Waals surface area contributed by atoms with Crippen molar-refractivity contribution in [1.82, 2.24) is 0 Å². The molecule has 1 unspecified atom stereocenters. The summed E-state index contributed by atoms with van der Waals surface area (Å²) in [5.41, 5.74) is -0.406. The number of benzene rings is 1. The number of rotatable bonds is 14. The molecule has 1 aromatic carbocycles. The van der Waals surface area contributed by atoms with Gasteiger partial charge in [-0.25, -0.2) is 4.79 Å². The third-order valence-corrected chi connectivity index (χ3v) is 5.51. The van der Waals surface area contributed by atoms with E-state index in [9.17, 15) is 24.6 Å². The molecule has 7 nitrogen and oxygen atoms in total. The molecule has 1 heterocycles. The maximum Gasteiger partial charge on any atom is 0.345 e. The zero-order chi connectivity index (χ0) is 22.8. The lowest BCUT2D eigenvalue weighted by Gasteiger charge is -2.14. The molecule has 0 saturated carbocycles. The highest BCUT2D eigenvalue weighted by atomic mass is 16.7. The van der Waals surface area contributed by atoms with Crippen LogP contribution in [0.25, 0.3) is 0 Å². The Bertz CT molecular complexity index is 826. The van der Waals surface area contributed by atoms with Crippen LogP contribution in [0.2, 0.25) is 0 Å². The first-order chi connectivity index (χ1) is 15.0. The second kappa shape index (κ2) is 12.2. The number of aldehydes is 1. The van der Waals surface area contributed by atoms with Crippen molar-refractivity contribution in [3.63, 3.8) is 0 Å². The molecule has 0 aromatic heterocycles. The third-order valence-electron chi connectivity index (χ3n) is 5.51. The van der Waals surface area contributed by atoms with E-state index in [0.717, 1.165) is 19.3 Å². The molecule has 0 radical (unpaired) electrons. The average Bonchev–Trinajstić information content (AvgIpc) is 3.09. The van der Waals surface area contributed by atoms with Crippen LogP contribution in [-0.2, 0) is 20.7 Å². The Labute approximate surface area is 183 Å². The van der Waals surface area contributed by atoms with Crippen LogP contribution in [0.15, 0.2) is 12.2 Å². The Morgan fingerprint density at radius 1 is 1.10 bits per heavy atom. The Morgan fingerprint density at radius 3 is 2.42 bits per heavy atom. The van der Waals surface area contributed by atoms with Gasteiger partial charge >= 0.3 is 5.97 Å². The number of carbonyl (C=O) groups is 3. The van der Waals surface area contributed by atoms with Crippen molar-refractivity contribution in [1.29, 1.82) is 0 Å². The molecule has 1 atom stereocenters. The number of hydrogen-bond donors (Lipinski definition) is 2. The lowest BCUT2D eigenvalue weighted by atomic mass is 9.93. The molecule has 31 heavy (non-hydrogen) atoms. The summed E-state index contributed by atoms with van der Waals surface area (Å²) in [6.07, 6.45) is 11.8. The number of unbranched alkanes of at least 4 members (excludes halogenated alkanes) is 7. The number of fused-ring (bicyclic) bond motifs is 1. The molecule has 0 amide bonds. The van der Waals surface area contributed by atoms with E-state index < -0.39 is 23.8 Å². The van der Waals surface area contributed by atoms with Gasteiger partial charge in [0.25, 0.3) is 0 Å². The van der Waals surface area contributed by atoms with E-state index in [-0.39, 0.29) is 40.9 Å². The van der Waals surface area contributed by atoms with Crippen LogP contribution >= 0.6 is 0 Å². The van der Waals surface area contributed by atoms with Crippen LogP contribution in [-0.4, -0.2) is 35.4 Å². The minimum Gasteiger partial charge on any atom is -0.507 e. The van der Waals surface area contributed by atoms with Gasteiger partial charge in [0, 0.05) is 19.1 Å². The number of phenols is 2. The van der Waals surface area contributed by atoms with Gasteiger partial charge in [-0.05, 0) is 25.3 Å². The van der Waals surface area contributed by atoms with E-state index in [0.29, 0.717) is 6.29 Å². The van der Waals surface area contributed by atoms with Gasteiger partial charge < -0.3 is 19.7 Å². The number of aromatic hydroxyl groups is 2. The van der Waals surface area contributed by atoms with Gasteiger partial charge in [-0.3, -0.25) is 9.59 Å². The van der Waals surface area contributed by atoms with Gasteiger partial charge in [-0.15, -0.1) is 0 Å². The molecule has 170 valence electrons. The quantitative estimate of drug-likeness (QED) is 0.186. The van der Waals surface area contributed by atoms with Crippen LogP contribution in [0.4, 0.5) is 0 Å². The molecule has 2 N–H and O–H groups in total. The molecule has 0 fully saturated rings. The number of carbonyl (C=O) groups excluding carboxylic acids is 3. The minimum atomic E-state index is -1.18. The highest BCUT2D eigenvalue weighted by molar-refractivity contribution is 6.02. The monoisotopic (exact) mass is 432 g/mol. The Hall–Kier alpha value is -2.67. The Balaban J connectivity index is 1.94. The van der Waals surface area contributed by atoms with E-state index in [2.05, 4.69) is 6.92 Å². The first kappa shape index (κ1) is 24.6. The second-order valence-corrected chi connectivity index (χ2v) is 7.75. The molecular weight excluding hydrogens is 400 g/mol. The highest BCUT2D eigenvalue weighted by Crippen LogP contribution is 2.45. The molecule has 1 aliphatic rings. The maximum absolute atomic E-state index is 12.2. The fourth-order valence-electron chi connectivity index (χ4n) is 3.77. The van der Waals surface area contributed by atoms with Gasteiger partial charge in [0.2, 0.25) is 6.29 Å². The lowest BCUT2D eigenvalue weighted by molar-refractivity contribution is -0.114. The van der Waals surface area contributed by atoms with Crippen LogP contribution in [0, 0.1) is 0 Å². The summed E-state index contributed by atoms with van der Waals surface area (Å²) < 4.78 is 9.99. The smallest absolute Gasteiger partial charge is 0.345 e. The number of esters is 1. The van der Waals surface area contributed by atoms with Gasteiger partial charge in [0.05, 0.1) is 11.1 Å². The second-order valence-electron chi connectivity index (χ2n) is 7.75. The number of allylic oxidation sites excluding steroid dienone is 2. The van der Waals surface area contributed by atoms with E-state index in [1.54, 1.807) is 0 Å². The molecule has 7 heteroatoms. The number of phenolic OH excluding ortho intramolecular Hbond substituents is 2. The van der Waals surface area contributed by atoms with Gasteiger partial charge in [0.15, 0.2) is 12.1 Å². The lowest BCUT2D eigenvalue weighted by Crippen LogP contribution is -2.05. The Kier molecular flexibility index (Phi) is 9.72. The maximum atomic E-state index is 12.2. The van der Waals surface area contributed by atoms with Crippen molar-refractivity contribution in [2.45, 2.75) is 77.4 Å². The minimum absolute atomic E-state index is 0.00201. The van der Waals surface area contributed by atoms with Crippen LogP contribution in [0.5, 0.6) is 11.5 Å². The van der Waals surface area contributed by atoms with Crippen molar-refractivity contribution >= 4 is 18.0 Å². The first-order valence-electron chi connectivity index (χ1n) is 10.9. The molecule has 1 aromatic rings. The van der Waals surface area contributed by atoms with Crippen molar-refractivity contribution < 1.29 is 34.1 Å². The predicted molar refractivity (Wildman–Crippen MR) is 115 cm³/mol. The number of methoxy groups -OCH3 is 1. The average molecular weight is 433 g/mol. The topological polar surface area (TPSA) is 110 Å². The predicted octanol–water partition coefficient (Wildman–Crippen LogP) is 4.92. The molecule has 0 spiro atoms. The SMILES string of the molecule is CCCCCCCCCC=CC(=O)CCc1c(O)c(C=O)c2c(c1O)C(=O)OC2OC. The summed E-state index contributed by atoms with van der Waals surface area (Å²) in [4.78, 5) is 35.8. The van der Waals surface area contributed by atoms with Crippen molar-refractivity contribution in [3.05, 3.63) is 34.4 Å². The molecule has 2 rings (SSSR count). The largest absolute Gasteiger partial charge is 0.507 e. The van der Waals surface area contributed by atoms with Crippen molar-refractivity contribution in [2.24, 2.45) is 0 Å². The number of ketones is 1. The highest BCUT2D eigenvalue weighted by Gasteiger charge is 2.39. The zero-order valence-corrected chi connectivity index (χ0v) is 18.3. The van der Waals surface area contributed by atoms with Crippen molar-refractivity contribution in [3.8, 4) is 11.5 Å². The number of hydrogen-bond acceptors (Lipinski definition) is 7. The van der Waals surface area contributed by atoms with E-state index in [4.69, 9.17) is 9.47 Å². The Morgan fingerprint density at radius 2 is 1.77 bits per heavy atom. The first-order valence-corrected chi connectivity index (χ1v) is 10.9. The fourth-order valence-corrected chi connectivity index (χ4v) is 3.77. The number of cyclic esters (lactones) is 1. The molecule has 1 aliphatic heterocycles. The van der Waals surface area contributed by atoms with Gasteiger partial charge in [0.1, 0.15) is 17.1 Å². The molecule has 0 aliphatic carbocycles. The van der Waals surface area contributed by atoms with Crippen LogP contribution in [0.1, 0.15) is 103 Å². The molecular formula is C24H32O7. The van der Waals surface area contributed by atoms with E-state index in [1.807, 2.05) is 6.08 Å². The van der Waals surface area contributed by atoms with Crippen LogP contribution < -0.4 is 0 Å². The summed E-state index contributed by atoms with van der Waals surface area (Å²) >= 11 is 0. The van der Waals surface area contributed by atoms with Gasteiger partial charge in [-0.1, -0.05) is 51.5 Å². The summed E-state index contributed by atoms with van der Waals surface area (Å²) in [7, 11) is 1.28. The molecule has 0 saturated heterocycles. The summed E-state index contributed by atoms with van der Waals surface area (Å²) in [5.74, 6) is -1.95. The van der Waals surface area contributed by atoms with Crippen molar-refractivity contribution in [2.75, 3.05) is 7.11 Å². The molecule has 0 bridgehead atoms. The number of ether oxygens (including phenoxy) is 2. The third kappa shape index (κ3) is 6.17. The standard InChI is InChI=1S/C24H32O7/c1-3-4-5-6-7-8-9-10-11-12-16(26)13-14-17-21(27)18(15-25)19-20(22(17)28)23(29)31-24(19)30-2/h11-12,15,24,27-28H,3-10,13-14H2,1-2H3. The van der Waals surface area contributed by atoms with E-state index >= 15 is 0 Å². The fraction of sp³-hybridized carbons (Fsp3) is 0.542.